The molecule has 0 saturated carbocycles. The van der Waals surface area contributed by atoms with Crippen LogP contribution in [0.5, 0.6) is 17.5 Å². The minimum absolute atomic E-state index is 0.0683. The van der Waals surface area contributed by atoms with E-state index < -0.39 is 63.7 Å². The van der Waals surface area contributed by atoms with Gasteiger partial charge < -0.3 is 14.2 Å². The SMILES string of the molecule is CC(=O)OC(C)Oc1nc(Oc2ccccc2)c(-n2c(=O)cc(C(F)(F)F)n(C)c2=O)c(F)c1Cl. The molecule has 1 unspecified atom stereocenters. The number of halogens is 5. The van der Waals surface area contributed by atoms with Crippen molar-refractivity contribution in [3.05, 3.63) is 73.8 Å². The molecule has 0 radical (unpaired) electrons. The van der Waals surface area contributed by atoms with Crippen molar-refractivity contribution in [1.82, 2.24) is 14.1 Å². The lowest BCUT2D eigenvalue weighted by molar-refractivity contribution is -0.158. The first-order valence-corrected chi connectivity index (χ1v) is 10.1. The Morgan fingerprint density at radius 1 is 1.14 bits per heavy atom. The summed E-state index contributed by atoms with van der Waals surface area (Å²) in [6, 6.07) is 7.69. The number of nitrogens with zero attached hydrogens (tertiary/aromatic N) is 3. The van der Waals surface area contributed by atoms with Crippen LogP contribution < -0.4 is 20.7 Å². The van der Waals surface area contributed by atoms with E-state index in [0.717, 1.165) is 14.0 Å². The van der Waals surface area contributed by atoms with Crippen LogP contribution in [0.4, 0.5) is 17.6 Å². The maximum atomic E-state index is 15.5. The van der Waals surface area contributed by atoms with E-state index in [2.05, 4.69) is 4.98 Å². The minimum Gasteiger partial charge on any atom is -0.437 e. The number of hydrogen-bond acceptors (Lipinski definition) is 7. The summed E-state index contributed by atoms with van der Waals surface area (Å²) in [5.41, 5.74) is -5.56. The molecule has 2 aromatic heterocycles. The molecule has 0 fully saturated rings. The molecule has 0 bridgehead atoms. The molecular formula is C21H16ClF4N3O6. The number of benzene rings is 1. The zero-order valence-electron chi connectivity index (χ0n) is 18.2. The topological polar surface area (TPSA) is 102 Å². The fourth-order valence-electron chi connectivity index (χ4n) is 2.95. The molecular weight excluding hydrogens is 502 g/mol. The molecule has 1 atom stereocenters. The predicted molar refractivity (Wildman–Crippen MR) is 113 cm³/mol. The number of alkyl halides is 3. The van der Waals surface area contributed by atoms with Gasteiger partial charge in [0.1, 0.15) is 16.5 Å². The number of esters is 1. The summed E-state index contributed by atoms with van der Waals surface area (Å²) < 4.78 is 70.9. The highest BCUT2D eigenvalue weighted by Gasteiger charge is 2.36. The Hall–Kier alpha value is -3.87. The van der Waals surface area contributed by atoms with E-state index in [0.29, 0.717) is 0 Å². The van der Waals surface area contributed by atoms with Crippen LogP contribution in [0.15, 0.2) is 46.0 Å². The smallest absolute Gasteiger partial charge is 0.431 e. The zero-order valence-corrected chi connectivity index (χ0v) is 19.0. The molecule has 0 spiro atoms. The molecule has 0 saturated heterocycles. The first-order chi connectivity index (χ1) is 16.3. The van der Waals surface area contributed by atoms with Crippen molar-refractivity contribution in [3.63, 3.8) is 0 Å². The van der Waals surface area contributed by atoms with E-state index in [1.807, 2.05) is 0 Å². The number of aromatic nitrogens is 3. The summed E-state index contributed by atoms with van der Waals surface area (Å²) in [6.07, 6.45) is -6.32. The van der Waals surface area contributed by atoms with Gasteiger partial charge in [-0.05, 0) is 12.1 Å². The minimum atomic E-state index is -5.03. The second-order valence-electron chi connectivity index (χ2n) is 6.95. The normalized spacial score (nSPS) is 12.2. The Labute approximate surface area is 199 Å². The number of pyridine rings is 1. The predicted octanol–water partition coefficient (Wildman–Crippen LogP) is 3.82. The van der Waals surface area contributed by atoms with Crippen LogP contribution in [0.25, 0.3) is 5.69 Å². The second-order valence-corrected chi connectivity index (χ2v) is 7.33. The highest BCUT2D eigenvalue weighted by atomic mass is 35.5. The van der Waals surface area contributed by atoms with Crippen molar-refractivity contribution in [2.75, 3.05) is 0 Å². The number of para-hydroxylation sites is 1. The van der Waals surface area contributed by atoms with Crippen molar-refractivity contribution < 1.29 is 36.6 Å². The van der Waals surface area contributed by atoms with Gasteiger partial charge >= 0.3 is 17.8 Å². The average Bonchev–Trinajstić information content (AvgIpc) is 2.75. The number of ether oxygens (including phenoxy) is 3. The van der Waals surface area contributed by atoms with Gasteiger partial charge in [0.25, 0.3) is 11.4 Å². The van der Waals surface area contributed by atoms with E-state index in [1.165, 1.54) is 19.1 Å². The van der Waals surface area contributed by atoms with Gasteiger partial charge in [0.2, 0.25) is 12.2 Å². The third kappa shape index (κ3) is 5.45. The zero-order chi connectivity index (χ0) is 26.1. The maximum absolute atomic E-state index is 15.5. The van der Waals surface area contributed by atoms with Crippen LogP contribution in [0, 0.1) is 5.82 Å². The van der Waals surface area contributed by atoms with Gasteiger partial charge in [0, 0.05) is 27.0 Å². The van der Waals surface area contributed by atoms with Gasteiger partial charge in [-0.25, -0.2) is 13.8 Å². The monoisotopic (exact) mass is 517 g/mol. The summed E-state index contributed by atoms with van der Waals surface area (Å²) in [4.78, 5) is 40.4. The molecule has 9 nitrogen and oxygen atoms in total. The van der Waals surface area contributed by atoms with Crippen LogP contribution in [0.2, 0.25) is 5.02 Å². The van der Waals surface area contributed by atoms with Gasteiger partial charge in [0.05, 0.1) is 0 Å². The summed E-state index contributed by atoms with van der Waals surface area (Å²) in [7, 11) is 0.754. The number of carbonyl (C=O) groups excluding carboxylic acids is 1. The van der Waals surface area contributed by atoms with E-state index in [4.69, 9.17) is 25.8 Å². The molecule has 3 rings (SSSR count). The third-order valence-electron chi connectivity index (χ3n) is 4.40. The lowest BCUT2D eigenvalue weighted by atomic mass is 10.3. The van der Waals surface area contributed by atoms with Crippen LogP contribution in [-0.2, 0) is 22.8 Å². The summed E-state index contributed by atoms with van der Waals surface area (Å²) in [6.45, 7) is 2.37. The average molecular weight is 518 g/mol. The first-order valence-electron chi connectivity index (χ1n) is 9.67. The van der Waals surface area contributed by atoms with Crippen LogP contribution in [0.3, 0.4) is 0 Å². The van der Waals surface area contributed by atoms with Crippen molar-refractivity contribution in [3.8, 4) is 23.2 Å². The molecule has 2 heterocycles. The van der Waals surface area contributed by atoms with Crippen molar-refractivity contribution in [1.29, 1.82) is 0 Å². The van der Waals surface area contributed by atoms with Gasteiger partial charge in [-0.2, -0.15) is 18.2 Å². The van der Waals surface area contributed by atoms with E-state index in [1.54, 1.807) is 18.2 Å². The highest BCUT2D eigenvalue weighted by molar-refractivity contribution is 6.32. The molecule has 0 aliphatic heterocycles. The Kier molecular flexibility index (Phi) is 7.19. The summed E-state index contributed by atoms with van der Waals surface area (Å²) >= 11 is 5.99. The van der Waals surface area contributed by atoms with Gasteiger partial charge in [-0.3, -0.25) is 14.2 Å². The molecule has 3 aromatic rings. The Morgan fingerprint density at radius 2 is 1.77 bits per heavy atom. The first kappa shape index (κ1) is 25.7. The molecule has 0 N–H and O–H groups in total. The number of rotatable bonds is 6. The molecule has 0 aliphatic rings. The molecule has 35 heavy (non-hydrogen) atoms. The number of hydrogen-bond donors (Lipinski definition) is 0. The van der Waals surface area contributed by atoms with Crippen molar-refractivity contribution in [2.24, 2.45) is 7.05 Å². The van der Waals surface area contributed by atoms with Gasteiger partial charge in [-0.1, -0.05) is 29.8 Å². The van der Waals surface area contributed by atoms with Gasteiger partial charge in [-0.15, -0.1) is 0 Å². The van der Waals surface area contributed by atoms with Crippen molar-refractivity contribution >= 4 is 17.6 Å². The Bertz CT molecular complexity index is 1390. The quantitative estimate of drug-likeness (QED) is 0.278. The molecule has 0 aliphatic carbocycles. The lowest BCUT2D eigenvalue weighted by Crippen LogP contribution is -2.41. The Balaban J connectivity index is 2.29. The lowest BCUT2D eigenvalue weighted by Gasteiger charge is -2.19. The molecule has 0 amide bonds. The Morgan fingerprint density at radius 3 is 2.34 bits per heavy atom. The van der Waals surface area contributed by atoms with Crippen LogP contribution in [-0.4, -0.2) is 26.4 Å². The third-order valence-corrected chi connectivity index (χ3v) is 4.72. The standard InChI is InChI=1S/C21H16ClF4N3O6/c1-10(30)33-11(2)34-18-15(22)16(23)17(19(27-18)35-12-7-5-4-6-8-12)29-14(31)9-13(21(24,25)26)28(3)20(29)32/h4-9,11H,1-3H3. The molecule has 186 valence electrons. The fraction of sp³-hybridized carbons (Fsp3) is 0.238. The largest absolute Gasteiger partial charge is 0.437 e. The van der Waals surface area contributed by atoms with Crippen LogP contribution in [0.1, 0.15) is 19.5 Å². The van der Waals surface area contributed by atoms with Crippen LogP contribution >= 0.6 is 11.6 Å². The fourth-order valence-corrected chi connectivity index (χ4v) is 3.12. The van der Waals surface area contributed by atoms with E-state index in [9.17, 15) is 27.6 Å². The molecule has 1 aromatic carbocycles. The van der Waals surface area contributed by atoms with Gasteiger partial charge in [0.15, 0.2) is 11.5 Å². The summed E-state index contributed by atoms with van der Waals surface area (Å²) in [5.74, 6) is -3.49. The van der Waals surface area contributed by atoms with Crippen molar-refractivity contribution in [2.45, 2.75) is 26.3 Å². The maximum Gasteiger partial charge on any atom is 0.431 e. The van der Waals surface area contributed by atoms with E-state index >= 15 is 4.39 Å². The van der Waals surface area contributed by atoms with E-state index in [-0.39, 0.29) is 21.0 Å². The number of carbonyl (C=O) groups is 1. The second kappa shape index (κ2) is 9.78. The summed E-state index contributed by atoms with van der Waals surface area (Å²) in [5, 5.41) is -0.853. The highest BCUT2D eigenvalue weighted by Crippen LogP contribution is 2.37. The molecule has 14 heteroatoms.